The number of thiazole rings is 1. The molecule has 1 fully saturated rings. The van der Waals surface area contributed by atoms with E-state index >= 15 is 0 Å². The molecule has 0 saturated carbocycles. The number of para-hydroxylation sites is 1. The first kappa shape index (κ1) is 17.3. The second kappa shape index (κ2) is 6.96. The Labute approximate surface area is 166 Å². The van der Waals surface area contributed by atoms with Gasteiger partial charge in [0.15, 0.2) is 0 Å². The van der Waals surface area contributed by atoms with Crippen LogP contribution < -0.4 is 0 Å². The summed E-state index contributed by atoms with van der Waals surface area (Å²) >= 11 is 1.75. The Morgan fingerprint density at radius 2 is 1.93 bits per heavy atom. The van der Waals surface area contributed by atoms with Crippen molar-refractivity contribution in [3.8, 4) is 0 Å². The maximum atomic E-state index is 12.8. The number of aromatic nitrogens is 4. The second-order valence-electron chi connectivity index (χ2n) is 6.98. The molecular formula is C20H20N6OS. The molecule has 0 spiro atoms. The van der Waals surface area contributed by atoms with E-state index in [1.54, 1.807) is 28.1 Å². The third-order valence-corrected chi connectivity index (χ3v) is 6.48. The van der Waals surface area contributed by atoms with Crippen LogP contribution in [0.4, 0.5) is 0 Å². The van der Waals surface area contributed by atoms with Gasteiger partial charge in [0.25, 0.3) is 5.91 Å². The quantitative estimate of drug-likeness (QED) is 0.536. The summed E-state index contributed by atoms with van der Waals surface area (Å²) in [7, 11) is 0. The van der Waals surface area contributed by atoms with E-state index in [0.29, 0.717) is 24.6 Å². The minimum atomic E-state index is -0.0298. The summed E-state index contributed by atoms with van der Waals surface area (Å²) in [5, 5.41) is 1.13. The van der Waals surface area contributed by atoms with Crippen LogP contribution >= 0.6 is 11.3 Å². The number of carbonyl (C=O) groups excluding carboxylic acids is 1. The van der Waals surface area contributed by atoms with Gasteiger partial charge in [0.2, 0.25) is 5.78 Å². The normalized spacial score (nSPS) is 16.7. The van der Waals surface area contributed by atoms with Gasteiger partial charge < -0.3 is 4.90 Å². The molecule has 8 heteroatoms. The van der Waals surface area contributed by atoms with Gasteiger partial charge in [-0.05, 0) is 25.1 Å². The first-order valence-electron chi connectivity index (χ1n) is 9.37. The fourth-order valence-corrected chi connectivity index (χ4v) is 4.69. The first-order chi connectivity index (χ1) is 13.7. The van der Waals surface area contributed by atoms with E-state index in [2.05, 4.69) is 33.9 Å². The molecule has 1 aliphatic rings. The van der Waals surface area contributed by atoms with Gasteiger partial charge in [0.05, 0.1) is 16.3 Å². The lowest BCUT2D eigenvalue weighted by atomic mass is 10.2. The molecule has 0 N–H and O–H groups in total. The van der Waals surface area contributed by atoms with Crippen molar-refractivity contribution in [2.24, 2.45) is 0 Å². The number of amides is 1. The Hall–Kier alpha value is -2.84. The number of imidazole rings is 1. The van der Waals surface area contributed by atoms with E-state index < -0.39 is 0 Å². The van der Waals surface area contributed by atoms with Gasteiger partial charge in [-0.3, -0.25) is 14.1 Å². The molecule has 0 aliphatic carbocycles. The van der Waals surface area contributed by atoms with Crippen LogP contribution in [0.2, 0.25) is 0 Å². The highest BCUT2D eigenvalue weighted by molar-refractivity contribution is 7.18. The predicted octanol–water partition coefficient (Wildman–Crippen LogP) is 2.86. The highest BCUT2D eigenvalue weighted by Gasteiger charge is 2.28. The third-order valence-electron chi connectivity index (χ3n) is 5.27. The Morgan fingerprint density at radius 3 is 2.71 bits per heavy atom. The summed E-state index contributed by atoms with van der Waals surface area (Å²) in [6, 6.07) is 10.3. The van der Waals surface area contributed by atoms with Crippen molar-refractivity contribution >= 4 is 33.2 Å². The largest absolute Gasteiger partial charge is 0.335 e. The highest BCUT2D eigenvalue weighted by Crippen LogP contribution is 2.30. The number of fused-ring (bicyclic) bond motifs is 2. The second-order valence-corrected chi connectivity index (χ2v) is 8.04. The summed E-state index contributed by atoms with van der Waals surface area (Å²) in [5.74, 6) is 0.520. The number of hydrogen-bond acceptors (Lipinski definition) is 6. The Kier molecular flexibility index (Phi) is 4.29. The van der Waals surface area contributed by atoms with Crippen LogP contribution in [-0.4, -0.2) is 61.2 Å². The van der Waals surface area contributed by atoms with Gasteiger partial charge in [-0.1, -0.05) is 12.1 Å². The zero-order valence-electron chi connectivity index (χ0n) is 15.5. The van der Waals surface area contributed by atoms with Gasteiger partial charge in [0.1, 0.15) is 10.7 Å². The van der Waals surface area contributed by atoms with Crippen LogP contribution in [0.5, 0.6) is 0 Å². The van der Waals surface area contributed by atoms with Crippen molar-refractivity contribution < 1.29 is 4.79 Å². The van der Waals surface area contributed by atoms with E-state index in [4.69, 9.17) is 4.98 Å². The van der Waals surface area contributed by atoms with Crippen molar-refractivity contribution in [3.63, 3.8) is 0 Å². The smallest absolute Gasteiger partial charge is 0.274 e. The zero-order chi connectivity index (χ0) is 19.1. The van der Waals surface area contributed by atoms with Crippen molar-refractivity contribution in [1.29, 1.82) is 0 Å². The fraction of sp³-hybridized carbons (Fsp3) is 0.300. The lowest BCUT2D eigenvalue weighted by Gasteiger charge is -2.37. The number of nitrogens with zero attached hydrogens (tertiary/aromatic N) is 6. The highest BCUT2D eigenvalue weighted by atomic mass is 32.1. The van der Waals surface area contributed by atoms with Crippen LogP contribution in [-0.2, 0) is 0 Å². The van der Waals surface area contributed by atoms with Crippen LogP contribution in [0.15, 0.2) is 48.9 Å². The van der Waals surface area contributed by atoms with Gasteiger partial charge >= 0.3 is 0 Å². The molecule has 142 valence electrons. The number of benzene rings is 1. The molecule has 28 heavy (non-hydrogen) atoms. The fourth-order valence-electron chi connectivity index (χ4n) is 3.63. The maximum Gasteiger partial charge on any atom is 0.274 e. The molecule has 0 bridgehead atoms. The third kappa shape index (κ3) is 3.04. The lowest BCUT2D eigenvalue weighted by molar-refractivity contribution is 0.0577. The van der Waals surface area contributed by atoms with Crippen molar-refractivity contribution in [2.75, 3.05) is 26.2 Å². The topological polar surface area (TPSA) is 66.6 Å². The summed E-state index contributed by atoms with van der Waals surface area (Å²) < 4.78 is 3.00. The van der Waals surface area contributed by atoms with Crippen LogP contribution in [0.1, 0.15) is 28.5 Å². The van der Waals surface area contributed by atoms with E-state index in [-0.39, 0.29) is 11.9 Å². The molecule has 1 atom stereocenters. The number of hydrogen-bond donors (Lipinski definition) is 0. The maximum absolute atomic E-state index is 12.8. The van der Waals surface area contributed by atoms with Gasteiger partial charge in [-0.15, -0.1) is 11.3 Å². The minimum absolute atomic E-state index is 0.0298. The minimum Gasteiger partial charge on any atom is -0.335 e. The molecule has 7 nitrogen and oxygen atoms in total. The molecule has 1 amide bonds. The lowest BCUT2D eigenvalue weighted by Crippen LogP contribution is -2.49. The number of piperazine rings is 1. The number of rotatable bonds is 3. The van der Waals surface area contributed by atoms with Crippen molar-refractivity contribution in [2.45, 2.75) is 13.0 Å². The molecule has 1 unspecified atom stereocenters. The first-order valence-corrected chi connectivity index (χ1v) is 10.2. The molecule has 4 heterocycles. The van der Waals surface area contributed by atoms with Crippen molar-refractivity contribution in [3.05, 3.63) is 59.6 Å². The van der Waals surface area contributed by atoms with E-state index in [0.717, 1.165) is 23.6 Å². The molecule has 3 aromatic heterocycles. The van der Waals surface area contributed by atoms with Gasteiger partial charge in [-0.2, -0.15) is 0 Å². The monoisotopic (exact) mass is 392 g/mol. The molecule has 4 aromatic rings. The van der Waals surface area contributed by atoms with Crippen LogP contribution in [0.25, 0.3) is 16.0 Å². The van der Waals surface area contributed by atoms with Gasteiger partial charge in [-0.25, -0.2) is 15.0 Å². The molecule has 0 radical (unpaired) electrons. The molecule has 5 rings (SSSR count). The van der Waals surface area contributed by atoms with E-state index in [9.17, 15) is 4.79 Å². The average Bonchev–Trinajstić information content (AvgIpc) is 3.37. The Morgan fingerprint density at radius 1 is 1.11 bits per heavy atom. The van der Waals surface area contributed by atoms with Gasteiger partial charge in [0, 0.05) is 44.8 Å². The summed E-state index contributed by atoms with van der Waals surface area (Å²) in [6.07, 6.45) is 5.28. The molecule has 1 aliphatic heterocycles. The predicted molar refractivity (Wildman–Crippen MR) is 108 cm³/mol. The zero-order valence-corrected chi connectivity index (χ0v) is 16.3. The average molecular weight is 392 g/mol. The van der Waals surface area contributed by atoms with E-state index in [1.807, 2.05) is 29.3 Å². The Balaban J connectivity index is 1.27. The standard InChI is InChI=1S/C20H20N6OS/c1-14(18-22-15-5-2-3-6-17(15)28-18)24-9-11-25(12-10-24)19(27)16-13-26-8-4-7-21-20(26)23-16/h2-8,13-14H,9-12H2,1H3. The van der Waals surface area contributed by atoms with Crippen LogP contribution in [0.3, 0.4) is 0 Å². The molecule has 1 aromatic carbocycles. The SMILES string of the molecule is CC(c1nc2ccccc2s1)N1CCN(C(=O)c2cn3cccnc3n2)CC1. The Bertz CT molecular complexity index is 1080. The van der Waals surface area contributed by atoms with Crippen molar-refractivity contribution in [1.82, 2.24) is 29.2 Å². The summed E-state index contributed by atoms with van der Waals surface area (Å²) in [6.45, 7) is 5.23. The van der Waals surface area contributed by atoms with Crippen LogP contribution in [0, 0.1) is 0 Å². The summed E-state index contributed by atoms with van der Waals surface area (Å²) in [4.78, 5) is 30.4. The van der Waals surface area contributed by atoms with E-state index in [1.165, 1.54) is 4.70 Å². The summed E-state index contributed by atoms with van der Waals surface area (Å²) in [5.41, 5.74) is 1.51. The molecular weight excluding hydrogens is 372 g/mol. The molecule has 1 saturated heterocycles. The number of carbonyl (C=O) groups is 1.